The minimum atomic E-state index is -0.384. The molecule has 1 aromatic heterocycles. The van der Waals surface area contributed by atoms with E-state index in [1.54, 1.807) is 23.0 Å². The Morgan fingerprint density at radius 2 is 2.45 bits per heavy atom. The SMILES string of the molecule is NC(=O)Cn1ccc(CO)c1. The first-order chi connectivity index (χ1) is 5.22. The third-order valence-corrected chi connectivity index (χ3v) is 1.33. The van der Waals surface area contributed by atoms with Gasteiger partial charge < -0.3 is 15.4 Å². The van der Waals surface area contributed by atoms with E-state index in [0.29, 0.717) is 0 Å². The summed E-state index contributed by atoms with van der Waals surface area (Å²) in [6.45, 7) is 0.158. The Morgan fingerprint density at radius 3 is 2.91 bits per heavy atom. The quantitative estimate of drug-likeness (QED) is 0.614. The number of aliphatic hydroxyl groups excluding tert-OH is 1. The van der Waals surface area contributed by atoms with E-state index in [0.717, 1.165) is 5.56 Å². The second-order valence-electron chi connectivity index (χ2n) is 2.32. The van der Waals surface area contributed by atoms with Crippen molar-refractivity contribution in [3.05, 3.63) is 24.0 Å². The number of aromatic nitrogens is 1. The van der Waals surface area contributed by atoms with E-state index in [-0.39, 0.29) is 19.1 Å². The van der Waals surface area contributed by atoms with Gasteiger partial charge in [0.1, 0.15) is 6.54 Å². The van der Waals surface area contributed by atoms with E-state index in [9.17, 15) is 4.79 Å². The van der Waals surface area contributed by atoms with Gasteiger partial charge in [-0.3, -0.25) is 4.79 Å². The van der Waals surface area contributed by atoms with Gasteiger partial charge in [-0.1, -0.05) is 0 Å². The van der Waals surface area contributed by atoms with Gasteiger partial charge >= 0.3 is 0 Å². The molecule has 0 aliphatic rings. The number of hydrogen-bond donors (Lipinski definition) is 2. The zero-order valence-corrected chi connectivity index (χ0v) is 6.03. The van der Waals surface area contributed by atoms with Crippen LogP contribution in [0.4, 0.5) is 0 Å². The Labute approximate surface area is 64.2 Å². The van der Waals surface area contributed by atoms with Crippen LogP contribution in [-0.2, 0) is 17.9 Å². The lowest BCUT2D eigenvalue weighted by Gasteiger charge is -1.95. The van der Waals surface area contributed by atoms with Crippen molar-refractivity contribution in [1.82, 2.24) is 4.57 Å². The molecule has 0 radical (unpaired) electrons. The zero-order chi connectivity index (χ0) is 8.27. The van der Waals surface area contributed by atoms with Gasteiger partial charge in [0.2, 0.25) is 5.91 Å². The number of carbonyl (C=O) groups excluding carboxylic acids is 1. The molecule has 0 aliphatic heterocycles. The second-order valence-corrected chi connectivity index (χ2v) is 2.32. The van der Waals surface area contributed by atoms with Gasteiger partial charge in [-0.25, -0.2) is 0 Å². The molecule has 4 nitrogen and oxygen atoms in total. The van der Waals surface area contributed by atoms with Crippen LogP contribution in [0.2, 0.25) is 0 Å². The van der Waals surface area contributed by atoms with Crippen LogP contribution in [0.5, 0.6) is 0 Å². The summed E-state index contributed by atoms with van der Waals surface area (Å²) in [6.07, 6.45) is 3.39. The second kappa shape index (κ2) is 3.21. The molecule has 1 heterocycles. The van der Waals surface area contributed by atoms with Crippen molar-refractivity contribution in [2.45, 2.75) is 13.2 Å². The summed E-state index contributed by atoms with van der Waals surface area (Å²) in [5.74, 6) is -0.384. The molecule has 0 aliphatic carbocycles. The molecule has 11 heavy (non-hydrogen) atoms. The fourth-order valence-electron chi connectivity index (χ4n) is 0.862. The van der Waals surface area contributed by atoms with Crippen molar-refractivity contribution in [3.63, 3.8) is 0 Å². The summed E-state index contributed by atoms with van der Waals surface area (Å²) in [4.78, 5) is 10.4. The summed E-state index contributed by atoms with van der Waals surface area (Å²) in [7, 11) is 0. The molecular formula is C7H10N2O2. The van der Waals surface area contributed by atoms with Crippen LogP contribution in [0, 0.1) is 0 Å². The van der Waals surface area contributed by atoms with Crippen molar-refractivity contribution in [3.8, 4) is 0 Å². The van der Waals surface area contributed by atoms with Crippen molar-refractivity contribution in [2.24, 2.45) is 5.73 Å². The molecule has 0 atom stereocenters. The topological polar surface area (TPSA) is 68.2 Å². The maximum Gasteiger partial charge on any atom is 0.237 e. The fraction of sp³-hybridized carbons (Fsp3) is 0.286. The van der Waals surface area contributed by atoms with E-state index in [2.05, 4.69) is 0 Å². The van der Waals surface area contributed by atoms with Crippen LogP contribution in [0.3, 0.4) is 0 Å². The van der Waals surface area contributed by atoms with Gasteiger partial charge in [-0.2, -0.15) is 0 Å². The summed E-state index contributed by atoms with van der Waals surface area (Å²) >= 11 is 0. The predicted octanol–water partition coefficient (Wildman–Crippen LogP) is -0.534. The molecule has 1 rings (SSSR count). The van der Waals surface area contributed by atoms with Crippen LogP contribution in [0.1, 0.15) is 5.56 Å². The molecule has 0 spiro atoms. The summed E-state index contributed by atoms with van der Waals surface area (Å²) in [6, 6.07) is 1.74. The van der Waals surface area contributed by atoms with Gasteiger partial charge in [0, 0.05) is 12.4 Å². The van der Waals surface area contributed by atoms with Crippen molar-refractivity contribution < 1.29 is 9.90 Å². The molecule has 1 amide bonds. The monoisotopic (exact) mass is 154 g/mol. The number of hydrogen-bond acceptors (Lipinski definition) is 2. The smallest absolute Gasteiger partial charge is 0.237 e. The largest absolute Gasteiger partial charge is 0.392 e. The van der Waals surface area contributed by atoms with Gasteiger partial charge in [0.25, 0.3) is 0 Å². The van der Waals surface area contributed by atoms with E-state index in [1.807, 2.05) is 0 Å². The minimum absolute atomic E-state index is 0.00817. The number of nitrogens with two attached hydrogens (primary N) is 1. The van der Waals surface area contributed by atoms with Gasteiger partial charge in [-0.05, 0) is 11.6 Å². The summed E-state index contributed by atoms with van der Waals surface area (Å²) in [5, 5.41) is 8.66. The number of amides is 1. The molecule has 1 aromatic rings. The van der Waals surface area contributed by atoms with Gasteiger partial charge in [-0.15, -0.1) is 0 Å². The van der Waals surface area contributed by atoms with Crippen molar-refractivity contribution in [1.29, 1.82) is 0 Å². The average molecular weight is 154 g/mol. The summed E-state index contributed by atoms with van der Waals surface area (Å²) in [5.41, 5.74) is 5.74. The lowest BCUT2D eigenvalue weighted by molar-refractivity contribution is -0.118. The molecule has 60 valence electrons. The highest BCUT2D eigenvalue weighted by molar-refractivity contribution is 5.73. The van der Waals surface area contributed by atoms with Crippen LogP contribution >= 0.6 is 0 Å². The highest BCUT2D eigenvalue weighted by atomic mass is 16.3. The zero-order valence-electron chi connectivity index (χ0n) is 6.03. The Kier molecular flexibility index (Phi) is 2.28. The molecule has 0 fully saturated rings. The van der Waals surface area contributed by atoms with Crippen molar-refractivity contribution in [2.75, 3.05) is 0 Å². The van der Waals surface area contributed by atoms with E-state index >= 15 is 0 Å². The molecule has 4 heteroatoms. The van der Waals surface area contributed by atoms with Crippen LogP contribution in [0.15, 0.2) is 18.5 Å². The first kappa shape index (κ1) is 7.81. The molecular weight excluding hydrogens is 144 g/mol. The standard InChI is InChI=1S/C7H10N2O2/c8-7(11)4-9-2-1-6(3-9)5-10/h1-3,10H,4-5H2,(H2,8,11). The van der Waals surface area contributed by atoms with Crippen LogP contribution in [0.25, 0.3) is 0 Å². The Bertz CT molecular complexity index is 255. The number of aliphatic hydroxyl groups is 1. The van der Waals surface area contributed by atoms with Crippen molar-refractivity contribution >= 4 is 5.91 Å². The Morgan fingerprint density at radius 1 is 1.73 bits per heavy atom. The van der Waals surface area contributed by atoms with E-state index in [1.165, 1.54) is 0 Å². The molecule has 3 N–H and O–H groups in total. The predicted molar refractivity (Wildman–Crippen MR) is 39.5 cm³/mol. The van der Waals surface area contributed by atoms with Crippen LogP contribution < -0.4 is 5.73 Å². The third-order valence-electron chi connectivity index (χ3n) is 1.33. The fourth-order valence-corrected chi connectivity index (χ4v) is 0.862. The average Bonchev–Trinajstić information content (AvgIpc) is 2.34. The maximum atomic E-state index is 10.4. The molecule has 0 unspecified atom stereocenters. The molecule has 0 aromatic carbocycles. The number of nitrogens with zero attached hydrogens (tertiary/aromatic N) is 1. The first-order valence-electron chi connectivity index (χ1n) is 3.26. The van der Waals surface area contributed by atoms with Gasteiger partial charge in [0.05, 0.1) is 6.61 Å². The number of primary amides is 1. The number of carbonyl (C=O) groups is 1. The summed E-state index contributed by atoms with van der Waals surface area (Å²) < 4.78 is 1.63. The molecule has 0 saturated heterocycles. The lowest BCUT2D eigenvalue weighted by atomic mass is 10.4. The first-order valence-corrected chi connectivity index (χ1v) is 3.26. The lowest BCUT2D eigenvalue weighted by Crippen LogP contribution is -2.17. The highest BCUT2D eigenvalue weighted by Gasteiger charge is 1.97. The molecule has 0 saturated carbocycles. The van der Waals surface area contributed by atoms with E-state index in [4.69, 9.17) is 10.8 Å². The molecule has 0 bridgehead atoms. The highest BCUT2D eigenvalue weighted by Crippen LogP contribution is 1.99. The Balaban J connectivity index is 2.65. The third kappa shape index (κ3) is 2.09. The minimum Gasteiger partial charge on any atom is -0.392 e. The Hall–Kier alpha value is -1.29. The maximum absolute atomic E-state index is 10.4. The van der Waals surface area contributed by atoms with E-state index < -0.39 is 0 Å². The number of rotatable bonds is 3. The normalized spacial score (nSPS) is 9.91. The van der Waals surface area contributed by atoms with Gasteiger partial charge in [0.15, 0.2) is 0 Å². The van der Waals surface area contributed by atoms with Crippen LogP contribution in [-0.4, -0.2) is 15.6 Å².